The molecule has 2 aromatic rings. The lowest BCUT2D eigenvalue weighted by atomic mass is 9.77. The molecule has 1 aromatic heterocycles. The molecule has 28 heavy (non-hydrogen) atoms. The lowest BCUT2D eigenvalue weighted by molar-refractivity contribution is -0.138. The van der Waals surface area contributed by atoms with Gasteiger partial charge in [-0.2, -0.15) is 0 Å². The second-order valence-corrected chi connectivity index (χ2v) is 7.90. The highest BCUT2D eigenvalue weighted by Crippen LogP contribution is 2.39. The van der Waals surface area contributed by atoms with Crippen LogP contribution in [0.1, 0.15) is 44.6 Å². The number of nitrogens with one attached hydrogen (secondary N) is 1. The highest BCUT2D eigenvalue weighted by molar-refractivity contribution is 6.30. The zero-order valence-corrected chi connectivity index (χ0v) is 16.7. The van der Waals surface area contributed by atoms with E-state index in [0.29, 0.717) is 23.7 Å². The fourth-order valence-electron chi connectivity index (χ4n) is 3.61. The molecule has 0 unspecified atom stereocenters. The van der Waals surface area contributed by atoms with E-state index in [9.17, 15) is 9.59 Å². The number of carboxylic acid groups (broad SMARTS) is 1. The zero-order chi connectivity index (χ0) is 20.3. The summed E-state index contributed by atoms with van der Waals surface area (Å²) in [6.07, 6.45) is 2.95. The van der Waals surface area contributed by atoms with Gasteiger partial charge in [0, 0.05) is 24.3 Å². The maximum atomic E-state index is 13.2. The van der Waals surface area contributed by atoms with E-state index in [1.807, 2.05) is 24.3 Å². The molecule has 2 amide bonds. The van der Waals surface area contributed by atoms with E-state index in [1.165, 1.54) is 6.20 Å². The maximum Gasteiger partial charge on any atom is 0.327 e. The molecule has 0 bridgehead atoms. The summed E-state index contributed by atoms with van der Waals surface area (Å²) in [4.78, 5) is 30.0. The number of carbonyl (C=O) groups is 2. The van der Waals surface area contributed by atoms with Crippen LogP contribution in [0, 0.1) is 5.92 Å². The van der Waals surface area contributed by atoms with Crippen molar-refractivity contribution in [1.82, 2.24) is 4.98 Å². The van der Waals surface area contributed by atoms with Gasteiger partial charge in [-0.1, -0.05) is 43.6 Å². The molecule has 0 radical (unpaired) electrons. The largest absolute Gasteiger partial charge is 0.481 e. The normalized spacial score (nSPS) is 18.4. The van der Waals surface area contributed by atoms with Gasteiger partial charge in [0.2, 0.25) is 0 Å². The number of hydrogen-bond acceptors (Lipinski definition) is 3. The van der Waals surface area contributed by atoms with Crippen LogP contribution in [0.2, 0.25) is 5.02 Å². The smallest absolute Gasteiger partial charge is 0.327 e. The number of rotatable bonds is 6. The molecular weight excluding hydrogens is 378 g/mol. The van der Waals surface area contributed by atoms with Crippen LogP contribution in [0.4, 0.5) is 16.3 Å². The minimum absolute atomic E-state index is 0.0449. The van der Waals surface area contributed by atoms with Crippen LogP contribution in [-0.4, -0.2) is 28.1 Å². The third kappa shape index (κ3) is 4.62. The number of pyridine rings is 1. The number of urea groups is 1. The van der Waals surface area contributed by atoms with E-state index in [0.717, 1.165) is 11.3 Å². The first-order valence-electron chi connectivity index (χ1n) is 9.37. The topological polar surface area (TPSA) is 82.5 Å². The minimum Gasteiger partial charge on any atom is -0.481 e. The van der Waals surface area contributed by atoms with Crippen LogP contribution in [0.15, 0.2) is 42.6 Å². The standard InChI is InChI=1S/C21H24ClN3O3/c1-13(2)17-5-3-4-6-18(17)25(16-9-14(10-16)11-20(26)27)21(28)24-19-8-7-15(22)12-23-19/h3-8,12-14,16H,9-11H2,1-2H3,(H,26,27)(H,23,24,28)/t14-,16+. The lowest BCUT2D eigenvalue weighted by Gasteiger charge is -2.43. The van der Waals surface area contributed by atoms with Gasteiger partial charge in [-0.3, -0.25) is 15.0 Å². The summed E-state index contributed by atoms with van der Waals surface area (Å²) in [6, 6.07) is 10.8. The van der Waals surface area contributed by atoms with Crippen molar-refractivity contribution < 1.29 is 14.7 Å². The lowest BCUT2D eigenvalue weighted by Crippen LogP contribution is -2.50. The van der Waals surface area contributed by atoms with Crippen LogP contribution in [-0.2, 0) is 4.79 Å². The summed E-state index contributed by atoms with van der Waals surface area (Å²) in [5.74, 6) is -0.0389. The van der Waals surface area contributed by atoms with Crippen LogP contribution >= 0.6 is 11.6 Å². The molecule has 1 aliphatic rings. The van der Waals surface area contributed by atoms with E-state index >= 15 is 0 Å². The number of hydrogen-bond donors (Lipinski definition) is 2. The Kier molecular flexibility index (Phi) is 6.19. The zero-order valence-electron chi connectivity index (χ0n) is 15.9. The Morgan fingerprint density at radius 2 is 1.96 bits per heavy atom. The van der Waals surface area contributed by atoms with Crippen molar-refractivity contribution in [2.45, 2.75) is 45.1 Å². The SMILES string of the molecule is CC(C)c1ccccc1N(C(=O)Nc1ccc(Cl)cn1)[C@H]1C[C@@H](CC(=O)O)C1. The van der Waals surface area contributed by atoms with Gasteiger partial charge in [0.1, 0.15) is 5.82 Å². The number of para-hydroxylation sites is 1. The number of carbonyl (C=O) groups excluding carboxylic acids is 1. The Morgan fingerprint density at radius 3 is 2.57 bits per heavy atom. The summed E-state index contributed by atoms with van der Waals surface area (Å²) in [6.45, 7) is 4.17. The Morgan fingerprint density at radius 1 is 1.25 bits per heavy atom. The molecule has 0 saturated heterocycles. The highest BCUT2D eigenvalue weighted by atomic mass is 35.5. The van der Waals surface area contributed by atoms with Gasteiger partial charge in [-0.05, 0) is 48.4 Å². The van der Waals surface area contributed by atoms with Gasteiger partial charge < -0.3 is 5.11 Å². The molecule has 1 heterocycles. The fraction of sp³-hybridized carbons (Fsp3) is 0.381. The molecule has 3 rings (SSSR count). The van der Waals surface area contributed by atoms with Gasteiger partial charge in [0.25, 0.3) is 0 Å². The highest BCUT2D eigenvalue weighted by Gasteiger charge is 2.38. The molecule has 2 N–H and O–H groups in total. The average molecular weight is 402 g/mol. The number of amides is 2. The summed E-state index contributed by atoms with van der Waals surface area (Å²) < 4.78 is 0. The predicted octanol–water partition coefficient (Wildman–Crippen LogP) is 5.15. The molecule has 1 aromatic carbocycles. The number of halogens is 1. The molecule has 0 atom stereocenters. The molecule has 7 heteroatoms. The van der Waals surface area contributed by atoms with Crippen molar-refractivity contribution in [3.63, 3.8) is 0 Å². The summed E-state index contributed by atoms with van der Waals surface area (Å²) in [5, 5.41) is 12.4. The van der Waals surface area contributed by atoms with Gasteiger partial charge >= 0.3 is 12.0 Å². The van der Waals surface area contributed by atoms with Crippen LogP contribution in [0.5, 0.6) is 0 Å². The van der Waals surface area contributed by atoms with Gasteiger partial charge in [0.15, 0.2) is 0 Å². The molecule has 0 aliphatic heterocycles. The van der Waals surface area contributed by atoms with Gasteiger partial charge in [-0.25, -0.2) is 9.78 Å². The summed E-state index contributed by atoms with van der Waals surface area (Å²) >= 11 is 5.87. The molecule has 148 valence electrons. The van der Waals surface area contributed by atoms with Crippen LogP contribution in [0.3, 0.4) is 0 Å². The van der Waals surface area contributed by atoms with Crippen molar-refractivity contribution in [2.75, 3.05) is 10.2 Å². The number of aliphatic carboxylic acids is 1. The maximum absolute atomic E-state index is 13.2. The van der Waals surface area contributed by atoms with E-state index in [1.54, 1.807) is 17.0 Å². The number of carboxylic acids is 1. The molecule has 0 spiro atoms. The van der Waals surface area contributed by atoms with Crippen molar-refractivity contribution in [3.05, 3.63) is 53.2 Å². The number of aromatic nitrogens is 1. The van der Waals surface area contributed by atoms with E-state index < -0.39 is 5.97 Å². The minimum atomic E-state index is -0.799. The molecule has 6 nitrogen and oxygen atoms in total. The van der Waals surface area contributed by atoms with Crippen molar-refractivity contribution >= 4 is 35.1 Å². The van der Waals surface area contributed by atoms with Gasteiger partial charge in [0.05, 0.1) is 5.02 Å². The quantitative estimate of drug-likeness (QED) is 0.701. The van der Waals surface area contributed by atoms with Crippen LogP contribution in [0.25, 0.3) is 0 Å². The van der Waals surface area contributed by atoms with Crippen molar-refractivity contribution in [1.29, 1.82) is 0 Å². The van der Waals surface area contributed by atoms with E-state index in [2.05, 4.69) is 24.1 Å². The molecule has 1 saturated carbocycles. The summed E-state index contributed by atoms with van der Waals surface area (Å²) in [7, 11) is 0. The summed E-state index contributed by atoms with van der Waals surface area (Å²) in [5.41, 5.74) is 1.92. The molecular formula is C21H24ClN3O3. The second kappa shape index (κ2) is 8.61. The third-order valence-electron chi connectivity index (χ3n) is 5.04. The first-order valence-corrected chi connectivity index (χ1v) is 9.75. The van der Waals surface area contributed by atoms with Crippen molar-refractivity contribution in [3.8, 4) is 0 Å². The first kappa shape index (κ1) is 20.1. The molecule has 1 aliphatic carbocycles. The Hall–Kier alpha value is -2.60. The number of nitrogens with zero attached hydrogens (tertiary/aromatic N) is 2. The Bertz CT molecular complexity index is 848. The Labute approximate surface area is 169 Å². The first-order chi connectivity index (χ1) is 13.3. The number of benzene rings is 1. The third-order valence-corrected chi connectivity index (χ3v) is 5.26. The van der Waals surface area contributed by atoms with Crippen LogP contribution < -0.4 is 10.2 Å². The monoisotopic (exact) mass is 401 g/mol. The fourth-order valence-corrected chi connectivity index (χ4v) is 3.72. The number of anilines is 2. The Balaban J connectivity index is 1.86. The van der Waals surface area contributed by atoms with Crippen molar-refractivity contribution in [2.24, 2.45) is 5.92 Å². The van der Waals surface area contributed by atoms with E-state index in [-0.39, 0.29) is 30.3 Å². The van der Waals surface area contributed by atoms with Gasteiger partial charge in [-0.15, -0.1) is 0 Å². The second-order valence-electron chi connectivity index (χ2n) is 7.46. The average Bonchev–Trinajstić information content (AvgIpc) is 2.61. The van der Waals surface area contributed by atoms with E-state index in [4.69, 9.17) is 16.7 Å². The molecule has 1 fully saturated rings. The predicted molar refractivity (Wildman–Crippen MR) is 110 cm³/mol.